The van der Waals surface area contributed by atoms with Gasteiger partial charge in [0, 0.05) is 5.56 Å². The molecular weight excluding hydrogens is 254 g/mol. The van der Waals surface area contributed by atoms with E-state index in [4.69, 9.17) is 17.3 Å². The number of primary amides is 1. The molecule has 1 heterocycles. The van der Waals surface area contributed by atoms with Crippen molar-refractivity contribution in [3.05, 3.63) is 28.8 Å². The van der Waals surface area contributed by atoms with Crippen LogP contribution in [0.4, 0.5) is 5.69 Å². The van der Waals surface area contributed by atoms with Gasteiger partial charge in [-0.3, -0.25) is 9.59 Å². The first kappa shape index (κ1) is 12.9. The summed E-state index contributed by atoms with van der Waals surface area (Å²) in [6.45, 7) is 0.840. The average molecular weight is 268 g/mol. The summed E-state index contributed by atoms with van der Waals surface area (Å²) < 4.78 is 0. The van der Waals surface area contributed by atoms with Crippen LogP contribution in [0.25, 0.3) is 0 Å². The number of halogens is 1. The van der Waals surface area contributed by atoms with Gasteiger partial charge < -0.3 is 16.4 Å². The molecule has 2 rings (SSSR count). The highest BCUT2D eigenvalue weighted by Gasteiger charge is 2.22. The van der Waals surface area contributed by atoms with E-state index in [1.54, 1.807) is 6.07 Å². The van der Waals surface area contributed by atoms with Gasteiger partial charge >= 0.3 is 0 Å². The lowest BCUT2D eigenvalue weighted by Gasteiger charge is -2.12. The van der Waals surface area contributed by atoms with Crippen molar-refractivity contribution in [1.82, 2.24) is 5.32 Å². The third-order valence-electron chi connectivity index (χ3n) is 2.89. The molecule has 1 aliphatic heterocycles. The molecule has 0 aromatic heterocycles. The number of hydrogen-bond acceptors (Lipinski definition) is 3. The van der Waals surface area contributed by atoms with Gasteiger partial charge in [0.2, 0.25) is 11.8 Å². The Hall–Kier alpha value is -1.59. The van der Waals surface area contributed by atoms with Crippen molar-refractivity contribution in [2.75, 3.05) is 11.9 Å². The van der Waals surface area contributed by atoms with Gasteiger partial charge in [-0.15, -0.1) is 0 Å². The lowest BCUT2D eigenvalue weighted by molar-refractivity contribution is -0.117. The van der Waals surface area contributed by atoms with Gasteiger partial charge in [0.05, 0.1) is 16.8 Å². The van der Waals surface area contributed by atoms with Gasteiger partial charge in [-0.2, -0.15) is 0 Å². The van der Waals surface area contributed by atoms with Crippen molar-refractivity contribution in [3.63, 3.8) is 0 Å². The van der Waals surface area contributed by atoms with Crippen molar-refractivity contribution in [2.24, 2.45) is 5.73 Å². The molecule has 0 spiro atoms. The topological polar surface area (TPSA) is 84.2 Å². The normalized spacial score (nSPS) is 18.6. The number of carbonyl (C=O) groups is 2. The molecule has 18 heavy (non-hydrogen) atoms. The Bertz CT molecular complexity index is 484. The van der Waals surface area contributed by atoms with Gasteiger partial charge in [-0.25, -0.2) is 0 Å². The maximum atomic E-state index is 11.9. The number of nitrogens with one attached hydrogen (secondary N) is 2. The fourth-order valence-electron chi connectivity index (χ4n) is 1.90. The van der Waals surface area contributed by atoms with Gasteiger partial charge in [-0.1, -0.05) is 11.6 Å². The number of anilines is 1. The first-order valence-electron chi connectivity index (χ1n) is 5.71. The van der Waals surface area contributed by atoms with E-state index in [1.165, 1.54) is 12.1 Å². The SMILES string of the molecule is NC(=O)c1ccc(Cl)c(NC(=O)[C@H]2CCCN2)c1. The second-order valence-electron chi connectivity index (χ2n) is 4.20. The first-order valence-corrected chi connectivity index (χ1v) is 6.09. The number of carbonyl (C=O) groups excluding carboxylic acids is 2. The molecule has 1 atom stereocenters. The molecule has 0 saturated carbocycles. The molecule has 96 valence electrons. The quantitative estimate of drug-likeness (QED) is 0.768. The number of amides is 2. The van der Waals surface area contributed by atoms with Crippen molar-refractivity contribution in [2.45, 2.75) is 18.9 Å². The summed E-state index contributed by atoms with van der Waals surface area (Å²) in [6.07, 6.45) is 1.78. The molecule has 0 bridgehead atoms. The predicted octanol–water partition coefficient (Wildman–Crippen LogP) is 1.13. The van der Waals surface area contributed by atoms with Crippen LogP contribution in [0.3, 0.4) is 0 Å². The van der Waals surface area contributed by atoms with Gasteiger partial charge in [0.15, 0.2) is 0 Å². The zero-order valence-corrected chi connectivity index (χ0v) is 10.5. The molecule has 1 saturated heterocycles. The third kappa shape index (κ3) is 2.80. The fraction of sp³-hybridized carbons (Fsp3) is 0.333. The molecule has 6 heteroatoms. The Kier molecular flexibility index (Phi) is 3.84. The van der Waals surface area contributed by atoms with E-state index in [0.717, 1.165) is 19.4 Å². The minimum absolute atomic E-state index is 0.143. The van der Waals surface area contributed by atoms with E-state index < -0.39 is 5.91 Å². The zero-order valence-electron chi connectivity index (χ0n) is 9.70. The summed E-state index contributed by atoms with van der Waals surface area (Å²) in [7, 11) is 0. The van der Waals surface area contributed by atoms with Gasteiger partial charge in [0.25, 0.3) is 0 Å². The summed E-state index contributed by atoms with van der Waals surface area (Å²) in [4.78, 5) is 23.0. The number of benzene rings is 1. The molecular formula is C12H14ClN3O2. The van der Waals surface area contributed by atoms with Gasteiger partial charge in [-0.05, 0) is 37.6 Å². The highest BCUT2D eigenvalue weighted by Crippen LogP contribution is 2.23. The van der Waals surface area contributed by atoms with Crippen molar-refractivity contribution >= 4 is 29.1 Å². The largest absolute Gasteiger partial charge is 0.366 e. The molecule has 0 aliphatic carbocycles. The van der Waals surface area contributed by atoms with E-state index in [1.807, 2.05) is 0 Å². The number of hydrogen-bond donors (Lipinski definition) is 3. The molecule has 1 aromatic rings. The molecule has 2 amide bonds. The van der Waals surface area contributed by atoms with E-state index in [-0.39, 0.29) is 11.9 Å². The Balaban J connectivity index is 2.14. The van der Waals surface area contributed by atoms with Crippen molar-refractivity contribution in [3.8, 4) is 0 Å². The number of nitrogens with two attached hydrogens (primary N) is 1. The van der Waals surface area contributed by atoms with Crippen molar-refractivity contribution in [1.29, 1.82) is 0 Å². The van der Waals surface area contributed by atoms with Crippen LogP contribution in [0.2, 0.25) is 5.02 Å². The van der Waals surface area contributed by atoms with Crippen LogP contribution in [-0.2, 0) is 4.79 Å². The second kappa shape index (κ2) is 5.37. The average Bonchev–Trinajstić information content (AvgIpc) is 2.85. The first-order chi connectivity index (χ1) is 8.58. The fourth-order valence-corrected chi connectivity index (χ4v) is 2.07. The van der Waals surface area contributed by atoms with Crippen LogP contribution in [0.1, 0.15) is 23.2 Å². The summed E-state index contributed by atoms with van der Waals surface area (Å²) >= 11 is 5.96. The third-order valence-corrected chi connectivity index (χ3v) is 3.22. The maximum Gasteiger partial charge on any atom is 0.248 e. The summed E-state index contributed by atoms with van der Waals surface area (Å²) in [5, 5.41) is 6.17. The van der Waals surface area contributed by atoms with Crippen LogP contribution in [-0.4, -0.2) is 24.4 Å². The smallest absolute Gasteiger partial charge is 0.248 e. The predicted molar refractivity (Wildman–Crippen MR) is 69.6 cm³/mol. The van der Waals surface area contributed by atoms with E-state index in [2.05, 4.69) is 10.6 Å². The second-order valence-corrected chi connectivity index (χ2v) is 4.60. The highest BCUT2D eigenvalue weighted by molar-refractivity contribution is 6.34. The molecule has 1 aromatic carbocycles. The van der Waals surface area contributed by atoms with E-state index in [9.17, 15) is 9.59 Å². The van der Waals surface area contributed by atoms with Crippen LogP contribution < -0.4 is 16.4 Å². The number of rotatable bonds is 3. The molecule has 0 radical (unpaired) electrons. The van der Waals surface area contributed by atoms with Crippen LogP contribution in [0.5, 0.6) is 0 Å². The Morgan fingerprint density at radius 2 is 2.22 bits per heavy atom. The Morgan fingerprint density at radius 3 is 2.83 bits per heavy atom. The van der Waals surface area contributed by atoms with E-state index in [0.29, 0.717) is 16.3 Å². The summed E-state index contributed by atoms with van der Waals surface area (Å²) in [5.74, 6) is -0.697. The molecule has 5 nitrogen and oxygen atoms in total. The Labute approximate surface area is 110 Å². The summed E-state index contributed by atoms with van der Waals surface area (Å²) in [6, 6.07) is 4.35. The minimum Gasteiger partial charge on any atom is -0.366 e. The lowest BCUT2D eigenvalue weighted by Crippen LogP contribution is -2.35. The Morgan fingerprint density at radius 1 is 1.44 bits per heavy atom. The van der Waals surface area contributed by atoms with Gasteiger partial charge in [0.1, 0.15) is 0 Å². The van der Waals surface area contributed by atoms with Crippen LogP contribution in [0.15, 0.2) is 18.2 Å². The molecule has 4 N–H and O–H groups in total. The molecule has 1 aliphatic rings. The maximum absolute atomic E-state index is 11.9. The molecule has 0 unspecified atom stereocenters. The standard InChI is InChI=1S/C12H14ClN3O2/c13-8-4-3-7(11(14)17)6-10(8)16-12(18)9-2-1-5-15-9/h3-4,6,9,15H,1-2,5H2,(H2,14,17)(H,16,18)/t9-/m1/s1. The lowest BCUT2D eigenvalue weighted by atomic mass is 10.1. The summed E-state index contributed by atoms with van der Waals surface area (Å²) in [5.41, 5.74) is 5.90. The van der Waals surface area contributed by atoms with Crippen LogP contribution in [0, 0.1) is 0 Å². The zero-order chi connectivity index (χ0) is 13.1. The highest BCUT2D eigenvalue weighted by atomic mass is 35.5. The van der Waals surface area contributed by atoms with E-state index >= 15 is 0 Å². The van der Waals surface area contributed by atoms with Crippen LogP contribution >= 0.6 is 11.6 Å². The monoisotopic (exact) mass is 267 g/mol. The minimum atomic E-state index is -0.554. The molecule has 1 fully saturated rings. The van der Waals surface area contributed by atoms with Crippen molar-refractivity contribution < 1.29 is 9.59 Å².